The summed E-state index contributed by atoms with van der Waals surface area (Å²) in [6, 6.07) is 1.86. The van der Waals surface area contributed by atoms with Gasteiger partial charge in [-0.05, 0) is 19.3 Å². The molecule has 0 spiro atoms. The number of rotatable bonds is 7. The molecule has 1 unspecified atom stereocenters. The van der Waals surface area contributed by atoms with Gasteiger partial charge in [0.1, 0.15) is 11.6 Å². The van der Waals surface area contributed by atoms with E-state index in [2.05, 4.69) is 0 Å². The van der Waals surface area contributed by atoms with Crippen LogP contribution in [0.3, 0.4) is 0 Å². The molecule has 0 amide bonds. The molecule has 17 heavy (non-hydrogen) atoms. The highest BCUT2D eigenvalue weighted by atomic mass is 16.5. The number of allylic oxidation sites excluding steroid dienone is 1. The van der Waals surface area contributed by atoms with E-state index in [1.807, 2.05) is 26.8 Å². The SMILES string of the molecule is COC(C)CCOC(=O)C(C#N)=CCC(C)C. The highest BCUT2D eigenvalue weighted by molar-refractivity contribution is 5.92. The first-order valence-electron chi connectivity index (χ1n) is 5.81. The number of nitriles is 1. The Morgan fingerprint density at radius 3 is 2.53 bits per heavy atom. The van der Waals surface area contributed by atoms with E-state index in [0.717, 1.165) is 0 Å². The van der Waals surface area contributed by atoms with Gasteiger partial charge in [-0.25, -0.2) is 4.79 Å². The lowest BCUT2D eigenvalue weighted by atomic mass is 10.1. The van der Waals surface area contributed by atoms with Crippen molar-refractivity contribution in [3.8, 4) is 6.07 Å². The van der Waals surface area contributed by atoms with Crippen molar-refractivity contribution in [3.05, 3.63) is 11.6 Å². The smallest absolute Gasteiger partial charge is 0.348 e. The number of carbonyl (C=O) groups excluding carboxylic acids is 1. The maximum atomic E-state index is 11.5. The van der Waals surface area contributed by atoms with Gasteiger partial charge in [-0.15, -0.1) is 0 Å². The summed E-state index contributed by atoms with van der Waals surface area (Å²) in [7, 11) is 1.61. The van der Waals surface area contributed by atoms with E-state index in [1.165, 1.54) is 0 Å². The zero-order valence-corrected chi connectivity index (χ0v) is 11.0. The molecule has 0 saturated heterocycles. The van der Waals surface area contributed by atoms with E-state index in [0.29, 0.717) is 18.8 Å². The highest BCUT2D eigenvalue weighted by Gasteiger charge is 2.11. The first-order chi connectivity index (χ1) is 8.01. The summed E-state index contributed by atoms with van der Waals surface area (Å²) >= 11 is 0. The van der Waals surface area contributed by atoms with Crippen LogP contribution in [0, 0.1) is 17.2 Å². The van der Waals surface area contributed by atoms with Gasteiger partial charge in [-0.3, -0.25) is 0 Å². The number of hydrogen-bond acceptors (Lipinski definition) is 4. The molecule has 0 aliphatic carbocycles. The molecule has 0 aliphatic heterocycles. The third kappa shape index (κ3) is 7.53. The highest BCUT2D eigenvalue weighted by Crippen LogP contribution is 2.06. The molecule has 0 aromatic rings. The average Bonchev–Trinajstić information content (AvgIpc) is 2.29. The van der Waals surface area contributed by atoms with Crippen LogP contribution in [-0.2, 0) is 14.3 Å². The third-order valence-corrected chi connectivity index (χ3v) is 2.29. The van der Waals surface area contributed by atoms with Crippen LogP contribution in [0.25, 0.3) is 0 Å². The molecule has 1 atom stereocenters. The summed E-state index contributed by atoms with van der Waals surface area (Å²) in [6.45, 7) is 6.22. The molecule has 0 rings (SSSR count). The largest absolute Gasteiger partial charge is 0.461 e. The first-order valence-corrected chi connectivity index (χ1v) is 5.81. The molecule has 4 heteroatoms. The number of carbonyl (C=O) groups is 1. The Kier molecular flexibility index (Phi) is 8.08. The van der Waals surface area contributed by atoms with Gasteiger partial charge >= 0.3 is 5.97 Å². The Hall–Kier alpha value is -1.34. The van der Waals surface area contributed by atoms with E-state index in [4.69, 9.17) is 14.7 Å². The topological polar surface area (TPSA) is 59.3 Å². The number of methoxy groups -OCH3 is 1. The zero-order chi connectivity index (χ0) is 13.3. The van der Waals surface area contributed by atoms with Gasteiger partial charge in [0, 0.05) is 13.5 Å². The van der Waals surface area contributed by atoms with Crippen LogP contribution in [0.1, 0.15) is 33.6 Å². The summed E-state index contributed by atoms with van der Waals surface area (Å²) in [5.74, 6) is -0.129. The van der Waals surface area contributed by atoms with Crippen LogP contribution in [-0.4, -0.2) is 25.8 Å². The molecule has 0 heterocycles. The molecular weight excluding hydrogens is 218 g/mol. The van der Waals surface area contributed by atoms with E-state index in [1.54, 1.807) is 13.2 Å². The molecule has 0 fully saturated rings. The fraction of sp³-hybridized carbons (Fsp3) is 0.692. The maximum absolute atomic E-state index is 11.5. The number of nitrogens with zero attached hydrogens (tertiary/aromatic N) is 1. The molecule has 4 nitrogen and oxygen atoms in total. The lowest BCUT2D eigenvalue weighted by molar-refractivity contribution is -0.139. The van der Waals surface area contributed by atoms with Gasteiger partial charge in [0.05, 0.1) is 12.7 Å². The predicted octanol–water partition coefficient (Wildman–Crippen LogP) is 2.45. The molecule has 0 radical (unpaired) electrons. The standard InChI is InChI=1S/C13H21NO3/c1-10(2)5-6-12(9-14)13(15)17-8-7-11(3)16-4/h6,10-11H,5,7-8H2,1-4H3. The summed E-state index contributed by atoms with van der Waals surface area (Å²) in [4.78, 5) is 11.5. The summed E-state index contributed by atoms with van der Waals surface area (Å²) in [5.41, 5.74) is 0.0868. The minimum Gasteiger partial charge on any atom is -0.461 e. The van der Waals surface area contributed by atoms with Crippen LogP contribution in [0.5, 0.6) is 0 Å². The van der Waals surface area contributed by atoms with Crippen molar-refractivity contribution in [3.63, 3.8) is 0 Å². The Balaban J connectivity index is 4.10. The number of hydrogen-bond donors (Lipinski definition) is 0. The van der Waals surface area contributed by atoms with Gasteiger partial charge in [-0.1, -0.05) is 19.9 Å². The van der Waals surface area contributed by atoms with E-state index in [9.17, 15) is 4.79 Å². The summed E-state index contributed by atoms with van der Waals surface area (Å²) in [6.07, 6.45) is 3.01. The van der Waals surface area contributed by atoms with Crippen molar-refractivity contribution in [1.29, 1.82) is 5.26 Å². The maximum Gasteiger partial charge on any atom is 0.348 e. The number of ether oxygens (including phenoxy) is 2. The predicted molar refractivity (Wildman–Crippen MR) is 65.2 cm³/mol. The Labute approximate surface area is 103 Å². The second kappa shape index (κ2) is 8.77. The van der Waals surface area contributed by atoms with Crippen molar-refractivity contribution in [2.45, 2.75) is 39.7 Å². The molecule has 0 aliphatic rings. The van der Waals surface area contributed by atoms with Gasteiger partial charge in [-0.2, -0.15) is 5.26 Å². The van der Waals surface area contributed by atoms with Crippen LogP contribution >= 0.6 is 0 Å². The number of esters is 1. The lowest BCUT2D eigenvalue weighted by Crippen LogP contribution is -2.13. The molecule has 0 aromatic carbocycles. The van der Waals surface area contributed by atoms with Crippen LogP contribution < -0.4 is 0 Å². The molecule has 0 aromatic heterocycles. The van der Waals surface area contributed by atoms with Gasteiger partial charge in [0.25, 0.3) is 0 Å². The quantitative estimate of drug-likeness (QED) is 0.389. The van der Waals surface area contributed by atoms with Crippen molar-refractivity contribution in [2.24, 2.45) is 5.92 Å². The van der Waals surface area contributed by atoms with Gasteiger partial charge in [0.15, 0.2) is 0 Å². The first kappa shape index (κ1) is 15.7. The minimum atomic E-state index is -0.545. The summed E-state index contributed by atoms with van der Waals surface area (Å²) < 4.78 is 10.0. The third-order valence-electron chi connectivity index (χ3n) is 2.29. The van der Waals surface area contributed by atoms with Crippen molar-refractivity contribution in [1.82, 2.24) is 0 Å². The van der Waals surface area contributed by atoms with Crippen molar-refractivity contribution >= 4 is 5.97 Å². The summed E-state index contributed by atoms with van der Waals surface area (Å²) in [5, 5.41) is 8.82. The average molecular weight is 239 g/mol. The Morgan fingerprint density at radius 2 is 2.06 bits per heavy atom. The van der Waals surface area contributed by atoms with Crippen LogP contribution in [0.2, 0.25) is 0 Å². The van der Waals surface area contributed by atoms with E-state index < -0.39 is 5.97 Å². The fourth-order valence-electron chi connectivity index (χ4n) is 1.04. The molecule has 0 saturated carbocycles. The normalized spacial score (nSPS) is 13.3. The van der Waals surface area contributed by atoms with Crippen molar-refractivity contribution in [2.75, 3.05) is 13.7 Å². The second-order valence-corrected chi connectivity index (χ2v) is 4.33. The molecular formula is C13H21NO3. The molecule has 0 N–H and O–H groups in total. The Morgan fingerprint density at radius 1 is 1.41 bits per heavy atom. The minimum absolute atomic E-state index is 0.0491. The van der Waals surface area contributed by atoms with Gasteiger partial charge < -0.3 is 9.47 Å². The van der Waals surface area contributed by atoms with Crippen molar-refractivity contribution < 1.29 is 14.3 Å². The zero-order valence-electron chi connectivity index (χ0n) is 11.0. The fourth-order valence-corrected chi connectivity index (χ4v) is 1.04. The lowest BCUT2D eigenvalue weighted by Gasteiger charge is -2.09. The van der Waals surface area contributed by atoms with Crippen LogP contribution in [0.4, 0.5) is 0 Å². The second-order valence-electron chi connectivity index (χ2n) is 4.33. The molecule has 96 valence electrons. The monoisotopic (exact) mass is 239 g/mol. The van der Waals surface area contributed by atoms with E-state index in [-0.39, 0.29) is 18.3 Å². The molecule has 0 bridgehead atoms. The Bertz CT molecular complexity index is 302. The van der Waals surface area contributed by atoms with Gasteiger partial charge in [0.2, 0.25) is 0 Å². The van der Waals surface area contributed by atoms with E-state index >= 15 is 0 Å². The van der Waals surface area contributed by atoms with Crippen LogP contribution in [0.15, 0.2) is 11.6 Å².